The molecule has 0 radical (unpaired) electrons. The highest BCUT2D eigenvalue weighted by atomic mass is 32.2. The van der Waals surface area contributed by atoms with Crippen molar-refractivity contribution in [3.63, 3.8) is 0 Å². The van der Waals surface area contributed by atoms with E-state index in [0.717, 1.165) is 11.4 Å². The standard InChI is InChI=1S/C24H20FN7OS/c1-14-21(15(2)31-30-14)27-20(33)13-34-24-18-12-26-32(16-8-4-3-5-9-16)23(18)28-22(29-24)17-10-6-7-11-19(17)25/h3-12H,13H2,1-2H3,(H,27,33)(H,30,31). The minimum absolute atomic E-state index is 0.101. The van der Waals surface area contributed by atoms with Gasteiger partial charge in [0.2, 0.25) is 5.91 Å². The van der Waals surface area contributed by atoms with Gasteiger partial charge in [0.25, 0.3) is 0 Å². The lowest BCUT2D eigenvalue weighted by Gasteiger charge is -2.09. The lowest BCUT2D eigenvalue weighted by atomic mass is 10.2. The van der Waals surface area contributed by atoms with Crippen LogP contribution in [-0.2, 0) is 4.79 Å². The van der Waals surface area contributed by atoms with Gasteiger partial charge in [-0.3, -0.25) is 9.89 Å². The van der Waals surface area contributed by atoms with Gasteiger partial charge in [0.1, 0.15) is 10.8 Å². The number of H-pyrrole nitrogens is 1. The number of rotatable bonds is 6. The number of fused-ring (bicyclic) bond motifs is 1. The highest BCUT2D eigenvalue weighted by Crippen LogP contribution is 2.30. The largest absolute Gasteiger partial charge is 0.322 e. The van der Waals surface area contributed by atoms with Crippen LogP contribution in [-0.4, -0.2) is 41.6 Å². The van der Waals surface area contributed by atoms with Gasteiger partial charge in [-0.15, -0.1) is 0 Å². The highest BCUT2D eigenvalue weighted by molar-refractivity contribution is 8.00. The molecule has 0 spiro atoms. The van der Waals surface area contributed by atoms with Crippen LogP contribution in [0.3, 0.4) is 0 Å². The molecule has 2 aromatic carbocycles. The maximum Gasteiger partial charge on any atom is 0.234 e. The molecule has 8 nitrogen and oxygen atoms in total. The molecule has 0 aliphatic rings. The number of carbonyl (C=O) groups is 1. The molecule has 0 saturated carbocycles. The molecule has 2 N–H and O–H groups in total. The molecule has 1 amide bonds. The fraction of sp³-hybridized carbons (Fsp3) is 0.125. The number of aryl methyl sites for hydroxylation is 2. The molecule has 5 rings (SSSR count). The van der Waals surface area contributed by atoms with Crippen LogP contribution in [0, 0.1) is 19.7 Å². The average molecular weight is 474 g/mol. The summed E-state index contributed by atoms with van der Waals surface area (Å²) < 4.78 is 16.3. The van der Waals surface area contributed by atoms with Crippen LogP contribution in [0.2, 0.25) is 0 Å². The molecule has 3 aromatic heterocycles. The van der Waals surface area contributed by atoms with Gasteiger partial charge in [-0.1, -0.05) is 42.1 Å². The molecule has 34 heavy (non-hydrogen) atoms. The van der Waals surface area contributed by atoms with E-state index in [1.165, 1.54) is 17.8 Å². The van der Waals surface area contributed by atoms with Gasteiger partial charge < -0.3 is 5.32 Å². The SMILES string of the molecule is Cc1n[nH]c(C)c1NC(=O)CSc1nc(-c2ccccc2F)nc2c1cnn2-c1ccccc1. The fourth-order valence-electron chi connectivity index (χ4n) is 3.56. The second-order valence-electron chi connectivity index (χ2n) is 7.61. The van der Waals surface area contributed by atoms with E-state index in [0.29, 0.717) is 27.4 Å². The molecule has 0 aliphatic heterocycles. The number of anilines is 1. The van der Waals surface area contributed by atoms with Gasteiger partial charge in [0.15, 0.2) is 11.5 Å². The number of hydrogen-bond donors (Lipinski definition) is 2. The van der Waals surface area contributed by atoms with Crippen LogP contribution in [0.25, 0.3) is 28.1 Å². The number of amides is 1. The summed E-state index contributed by atoms with van der Waals surface area (Å²) in [7, 11) is 0. The summed E-state index contributed by atoms with van der Waals surface area (Å²) >= 11 is 1.25. The molecule has 0 aliphatic carbocycles. The number of benzene rings is 2. The normalized spacial score (nSPS) is 11.1. The summed E-state index contributed by atoms with van der Waals surface area (Å²) in [6.45, 7) is 3.66. The second-order valence-corrected chi connectivity index (χ2v) is 8.57. The molecular formula is C24H20FN7OS. The molecule has 5 aromatic rings. The first-order valence-corrected chi connectivity index (χ1v) is 11.5. The Labute approximate surface area is 198 Å². The molecule has 10 heteroatoms. The number of nitrogens with one attached hydrogen (secondary N) is 2. The molecule has 0 atom stereocenters. The molecule has 0 saturated heterocycles. The van der Waals surface area contributed by atoms with Crippen molar-refractivity contribution in [3.05, 3.63) is 78.0 Å². The summed E-state index contributed by atoms with van der Waals surface area (Å²) in [5.74, 6) is -0.296. The first-order chi connectivity index (χ1) is 16.5. The average Bonchev–Trinajstić information content (AvgIpc) is 3.42. The van der Waals surface area contributed by atoms with Gasteiger partial charge in [0.05, 0.1) is 45.7 Å². The number of thioether (sulfide) groups is 1. The van der Waals surface area contributed by atoms with E-state index >= 15 is 0 Å². The first kappa shape index (κ1) is 21.8. The monoisotopic (exact) mass is 473 g/mol. The van der Waals surface area contributed by atoms with Crippen molar-refractivity contribution in [2.75, 3.05) is 11.1 Å². The number of aromatic amines is 1. The zero-order valence-corrected chi connectivity index (χ0v) is 19.2. The van der Waals surface area contributed by atoms with Crippen molar-refractivity contribution in [2.24, 2.45) is 0 Å². The van der Waals surface area contributed by atoms with Crippen molar-refractivity contribution in [3.8, 4) is 17.1 Å². The van der Waals surface area contributed by atoms with Crippen molar-refractivity contribution in [1.29, 1.82) is 0 Å². The summed E-state index contributed by atoms with van der Waals surface area (Å²) in [6.07, 6.45) is 1.66. The van der Waals surface area contributed by atoms with Crippen molar-refractivity contribution >= 4 is 34.4 Å². The predicted molar refractivity (Wildman–Crippen MR) is 129 cm³/mol. The Hall–Kier alpha value is -4.05. The summed E-state index contributed by atoms with van der Waals surface area (Å²) in [5, 5.41) is 15.5. The van der Waals surface area contributed by atoms with E-state index in [1.807, 2.05) is 44.2 Å². The van der Waals surface area contributed by atoms with Crippen LogP contribution in [0.5, 0.6) is 0 Å². The Morgan fingerprint density at radius 3 is 2.59 bits per heavy atom. The van der Waals surface area contributed by atoms with Crippen LogP contribution in [0.15, 0.2) is 65.8 Å². The number of carbonyl (C=O) groups excluding carboxylic acids is 1. The second kappa shape index (κ2) is 9.06. The van der Waals surface area contributed by atoms with Gasteiger partial charge in [-0.2, -0.15) is 10.2 Å². The zero-order valence-electron chi connectivity index (χ0n) is 18.4. The molecular weight excluding hydrogens is 453 g/mol. The third-order valence-electron chi connectivity index (χ3n) is 5.24. The highest BCUT2D eigenvalue weighted by Gasteiger charge is 2.18. The van der Waals surface area contributed by atoms with E-state index in [4.69, 9.17) is 0 Å². The lowest BCUT2D eigenvalue weighted by Crippen LogP contribution is -2.15. The smallest absolute Gasteiger partial charge is 0.234 e. The van der Waals surface area contributed by atoms with E-state index in [2.05, 4.69) is 30.6 Å². The van der Waals surface area contributed by atoms with Gasteiger partial charge >= 0.3 is 0 Å². The van der Waals surface area contributed by atoms with Gasteiger partial charge in [0, 0.05) is 0 Å². The lowest BCUT2D eigenvalue weighted by molar-refractivity contribution is -0.113. The Bertz CT molecular complexity index is 1480. The number of nitrogens with zero attached hydrogens (tertiary/aromatic N) is 5. The maximum absolute atomic E-state index is 14.6. The molecule has 0 bridgehead atoms. The number of halogens is 1. The fourth-order valence-corrected chi connectivity index (χ4v) is 4.35. The van der Waals surface area contributed by atoms with E-state index < -0.39 is 5.82 Å². The number of aromatic nitrogens is 6. The summed E-state index contributed by atoms with van der Waals surface area (Å²) in [6, 6.07) is 15.9. The minimum atomic E-state index is -0.424. The maximum atomic E-state index is 14.6. The molecule has 3 heterocycles. The first-order valence-electron chi connectivity index (χ1n) is 10.5. The molecule has 0 unspecified atom stereocenters. The Morgan fingerprint density at radius 1 is 1.09 bits per heavy atom. The van der Waals surface area contributed by atoms with Gasteiger partial charge in [-0.05, 0) is 38.1 Å². The Kier molecular flexibility index (Phi) is 5.81. The molecule has 0 fully saturated rings. The summed E-state index contributed by atoms with van der Waals surface area (Å²) in [5.41, 5.74) is 3.79. The minimum Gasteiger partial charge on any atom is -0.322 e. The third-order valence-corrected chi connectivity index (χ3v) is 6.23. The van der Waals surface area contributed by atoms with E-state index in [1.54, 1.807) is 29.1 Å². The van der Waals surface area contributed by atoms with E-state index in [-0.39, 0.29) is 23.0 Å². The summed E-state index contributed by atoms with van der Waals surface area (Å²) in [4.78, 5) is 21.9. The number of hydrogen-bond acceptors (Lipinski definition) is 6. The van der Waals surface area contributed by atoms with E-state index in [9.17, 15) is 9.18 Å². The third kappa shape index (κ3) is 4.15. The topological polar surface area (TPSA) is 101 Å². The van der Waals surface area contributed by atoms with Crippen LogP contribution in [0.1, 0.15) is 11.4 Å². The predicted octanol–water partition coefficient (Wildman–Crippen LogP) is 4.69. The quantitative estimate of drug-likeness (QED) is 0.274. The Morgan fingerprint density at radius 2 is 1.85 bits per heavy atom. The van der Waals surface area contributed by atoms with Crippen LogP contribution in [0.4, 0.5) is 10.1 Å². The zero-order chi connectivity index (χ0) is 23.7. The van der Waals surface area contributed by atoms with Crippen LogP contribution >= 0.6 is 11.8 Å². The van der Waals surface area contributed by atoms with Crippen LogP contribution < -0.4 is 5.32 Å². The Balaban J connectivity index is 1.53. The van der Waals surface area contributed by atoms with Crippen molar-refractivity contribution < 1.29 is 9.18 Å². The van der Waals surface area contributed by atoms with Crippen molar-refractivity contribution in [1.82, 2.24) is 29.9 Å². The molecule has 170 valence electrons. The van der Waals surface area contributed by atoms with Crippen molar-refractivity contribution in [2.45, 2.75) is 18.9 Å². The number of para-hydroxylation sites is 1. The van der Waals surface area contributed by atoms with Gasteiger partial charge in [-0.25, -0.2) is 19.0 Å².